The molecule has 1 aromatic carbocycles. The van der Waals surface area contributed by atoms with Crippen LogP contribution in [-0.4, -0.2) is 40.2 Å². The van der Waals surface area contributed by atoms with E-state index in [1.807, 2.05) is 18.2 Å². The van der Waals surface area contributed by atoms with Crippen molar-refractivity contribution in [1.29, 1.82) is 0 Å². The second-order valence-corrected chi connectivity index (χ2v) is 8.45. The fourth-order valence-electron chi connectivity index (χ4n) is 4.00. The maximum absolute atomic E-state index is 13.6. The molecular weight excluding hydrogens is 390 g/mol. The fourth-order valence-corrected chi connectivity index (χ4v) is 4.00. The second kappa shape index (κ2) is 13.1. The summed E-state index contributed by atoms with van der Waals surface area (Å²) >= 11 is 0. The van der Waals surface area contributed by atoms with Crippen molar-refractivity contribution < 1.29 is 9.59 Å². The number of carbonyl (C=O) groups is 2. The van der Waals surface area contributed by atoms with Crippen LogP contribution in [0.1, 0.15) is 84.1 Å². The minimum atomic E-state index is -0.329. The van der Waals surface area contributed by atoms with Gasteiger partial charge in [0.15, 0.2) is 0 Å². The van der Waals surface area contributed by atoms with Gasteiger partial charge in [0.25, 0.3) is 0 Å². The van der Waals surface area contributed by atoms with Gasteiger partial charge in [-0.15, -0.1) is 0 Å². The standard InChI is InChI=1S/C24H37N5O2/c1-4-6-8-9-14-23(24(31)28(19(3)30)17-7-5-2)29(21-15-16-21)18-20-12-10-11-13-22(20)26-27-25/h10-13,21,23H,4-9,14-18H2,1-3H3. The topological polar surface area (TPSA) is 89.4 Å². The van der Waals surface area contributed by atoms with E-state index in [-0.39, 0.29) is 17.9 Å². The van der Waals surface area contributed by atoms with Crippen LogP contribution >= 0.6 is 0 Å². The Bertz CT molecular complexity index is 771. The van der Waals surface area contributed by atoms with Gasteiger partial charge in [-0.05, 0) is 36.8 Å². The lowest BCUT2D eigenvalue weighted by atomic mass is 10.0. The van der Waals surface area contributed by atoms with Gasteiger partial charge in [-0.1, -0.05) is 75.3 Å². The number of unbranched alkanes of at least 4 members (excludes halogenated alkanes) is 4. The van der Waals surface area contributed by atoms with Gasteiger partial charge in [0, 0.05) is 36.7 Å². The summed E-state index contributed by atoms with van der Waals surface area (Å²) in [5.41, 5.74) is 10.4. The minimum absolute atomic E-state index is 0.0781. The van der Waals surface area contributed by atoms with Gasteiger partial charge in [-0.25, -0.2) is 0 Å². The van der Waals surface area contributed by atoms with Crippen molar-refractivity contribution in [3.8, 4) is 0 Å². The first kappa shape index (κ1) is 24.9. The molecule has 0 bridgehead atoms. The van der Waals surface area contributed by atoms with Crippen molar-refractivity contribution in [2.24, 2.45) is 5.11 Å². The van der Waals surface area contributed by atoms with Crippen LogP contribution in [0.25, 0.3) is 10.4 Å². The van der Waals surface area contributed by atoms with E-state index >= 15 is 0 Å². The number of benzene rings is 1. The number of carbonyl (C=O) groups excluding carboxylic acids is 2. The third-order valence-electron chi connectivity index (χ3n) is 5.91. The summed E-state index contributed by atoms with van der Waals surface area (Å²) in [4.78, 5) is 32.6. The Balaban J connectivity index is 2.30. The lowest BCUT2D eigenvalue weighted by Gasteiger charge is -2.34. The van der Waals surface area contributed by atoms with Crippen molar-refractivity contribution in [3.63, 3.8) is 0 Å². The molecule has 0 heterocycles. The summed E-state index contributed by atoms with van der Waals surface area (Å²) < 4.78 is 0. The number of imide groups is 1. The summed E-state index contributed by atoms with van der Waals surface area (Å²) in [6.07, 6.45) is 8.94. The van der Waals surface area contributed by atoms with Crippen LogP contribution in [0, 0.1) is 0 Å². The molecule has 7 heteroatoms. The zero-order chi connectivity index (χ0) is 22.6. The first-order chi connectivity index (χ1) is 15.0. The molecule has 1 unspecified atom stereocenters. The molecule has 1 aliphatic rings. The van der Waals surface area contributed by atoms with E-state index in [1.165, 1.54) is 11.8 Å². The van der Waals surface area contributed by atoms with Crippen LogP contribution in [0.3, 0.4) is 0 Å². The van der Waals surface area contributed by atoms with Gasteiger partial charge in [0.1, 0.15) is 0 Å². The molecule has 2 amide bonds. The number of nitrogens with zero attached hydrogens (tertiary/aromatic N) is 5. The highest BCUT2D eigenvalue weighted by molar-refractivity contribution is 5.96. The van der Waals surface area contributed by atoms with Gasteiger partial charge in [0.05, 0.1) is 6.04 Å². The quantitative estimate of drug-likeness (QED) is 0.155. The second-order valence-electron chi connectivity index (χ2n) is 8.45. The molecule has 0 N–H and O–H groups in total. The highest BCUT2D eigenvalue weighted by Gasteiger charge is 2.39. The van der Waals surface area contributed by atoms with E-state index in [4.69, 9.17) is 5.53 Å². The highest BCUT2D eigenvalue weighted by Crippen LogP contribution is 2.34. The Morgan fingerprint density at radius 1 is 1.13 bits per heavy atom. The van der Waals surface area contributed by atoms with E-state index in [2.05, 4.69) is 28.8 Å². The predicted molar refractivity (Wildman–Crippen MR) is 124 cm³/mol. The lowest BCUT2D eigenvalue weighted by Crippen LogP contribution is -2.51. The van der Waals surface area contributed by atoms with Gasteiger partial charge in [-0.3, -0.25) is 19.4 Å². The maximum atomic E-state index is 13.6. The van der Waals surface area contributed by atoms with E-state index in [0.717, 1.165) is 63.4 Å². The molecular formula is C24H37N5O2. The minimum Gasteiger partial charge on any atom is -0.285 e. The monoisotopic (exact) mass is 427 g/mol. The molecule has 2 rings (SSSR count). The number of amides is 2. The largest absolute Gasteiger partial charge is 0.285 e. The number of azide groups is 1. The molecule has 7 nitrogen and oxygen atoms in total. The van der Waals surface area contributed by atoms with Crippen LogP contribution in [0.2, 0.25) is 0 Å². The molecule has 0 radical (unpaired) electrons. The number of rotatable bonds is 14. The first-order valence-electron chi connectivity index (χ1n) is 11.7. The zero-order valence-electron chi connectivity index (χ0n) is 19.3. The van der Waals surface area contributed by atoms with Gasteiger partial charge >= 0.3 is 0 Å². The Kier molecular flexibility index (Phi) is 10.5. The summed E-state index contributed by atoms with van der Waals surface area (Å²) in [6.45, 7) is 6.75. The van der Waals surface area contributed by atoms with E-state index < -0.39 is 0 Å². The van der Waals surface area contributed by atoms with Crippen LogP contribution in [0.15, 0.2) is 29.4 Å². The highest BCUT2D eigenvalue weighted by atomic mass is 16.2. The fraction of sp³-hybridized carbons (Fsp3) is 0.667. The molecule has 0 aromatic heterocycles. The van der Waals surface area contributed by atoms with Crippen LogP contribution in [0.5, 0.6) is 0 Å². The van der Waals surface area contributed by atoms with Gasteiger partial charge in [-0.2, -0.15) is 0 Å². The third kappa shape index (κ3) is 7.67. The van der Waals surface area contributed by atoms with Crippen molar-refractivity contribution in [3.05, 3.63) is 40.3 Å². The van der Waals surface area contributed by atoms with E-state index in [1.54, 1.807) is 6.07 Å². The Morgan fingerprint density at radius 3 is 2.45 bits per heavy atom. The lowest BCUT2D eigenvalue weighted by molar-refractivity contribution is -0.148. The van der Waals surface area contributed by atoms with Crippen LogP contribution in [0.4, 0.5) is 5.69 Å². The van der Waals surface area contributed by atoms with Crippen molar-refractivity contribution in [2.75, 3.05) is 6.54 Å². The molecule has 1 saturated carbocycles. The average molecular weight is 428 g/mol. The van der Waals surface area contributed by atoms with E-state index in [0.29, 0.717) is 24.8 Å². The summed E-state index contributed by atoms with van der Waals surface area (Å²) in [7, 11) is 0. The molecule has 1 fully saturated rings. The Hall–Kier alpha value is -2.37. The average Bonchev–Trinajstić information content (AvgIpc) is 3.59. The molecule has 0 aliphatic heterocycles. The van der Waals surface area contributed by atoms with Gasteiger partial charge in [0.2, 0.25) is 11.8 Å². The summed E-state index contributed by atoms with van der Waals surface area (Å²) in [5, 5.41) is 3.84. The van der Waals surface area contributed by atoms with E-state index in [9.17, 15) is 9.59 Å². The van der Waals surface area contributed by atoms with Crippen molar-refractivity contribution in [2.45, 2.75) is 97.2 Å². The Labute approximate surface area is 186 Å². The van der Waals surface area contributed by atoms with Crippen molar-refractivity contribution >= 4 is 17.5 Å². The molecule has 1 aliphatic carbocycles. The number of hydrogen-bond acceptors (Lipinski definition) is 4. The summed E-state index contributed by atoms with van der Waals surface area (Å²) in [5.74, 6) is -0.257. The third-order valence-corrected chi connectivity index (χ3v) is 5.91. The number of hydrogen-bond donors (Lipinski definition) is 0. The zero-order valence-corrected chi connectivity index (χ0v) is 19.3. The van der Waals surface area contributed by atoms with Crippen molar-refractivity contribution in [1.82, 2.24) is 9.80 Å². The smallest absolute Gasteiger partial charge is 0.246 e. The summed E-state index contributed by atoms with van der Waals surface area (Å²) in [6, 6.07) is 7.55. The molecule has 170 valence electrons. The normalized spacial score (nSPS) is 14.2. The molecule has 1 atom stereocenters. The van der Waals surface area contributed by atoms with Gasteiger partial charge < -0.3 is 0 Å². The van der Waals surface area contributed by atoms with Crippen LogP contribution < -0.4 is 0 Å². The molecule has 1 aromatic rings. The first-order valence-corrected chi connectivity index (χ1v) is 11.7. The molecule has 31 heavy (non-hydrogen) atoms. The SMILES string of the molecule is CCCCCCC(C(=O)N(CCCC)C(C)=O)N(Cc1ccccc1N=[N+]=[N-])C1CC1. The molecule has 0 spiro atoms. The maximum Gasteiger partial charge on any atom is 0.246 e. The van der Waals surface area contributed by atoms with Crippen LogP contribution in [-0.2, 0) is 16.1 Å². The molecule has 0 saturated heterocycles. The predicted octanol–water partition coefficient (Wildman–Crippen LogP) is 6.11. The Morgan fingerprint density at radius 2 is 1.84 bits per heavy atom.